The zero-order valence-electron chi connectivity index (χ0n) is 14.7. The number of amides is 1. The molecule has 0 radical (unpaired) electrons. The molecule has 2 aromatic carbocycles. The average molecular weight is 340 g/mol. The number of nitrogens with zero attached hydrogens (tertiary/aromatic N) is 1. The summed E-state index contributed by atoms with van der Waals surface area (Å²) in [7, 11) is 0. The molecule has 0 atom stereocenters. The number of hydrogen-bond acceptors (Lipinski definition) is 4. The van der Waals surface area contributed by atoms with Crippen LogP contribution in [0, 0.1) is 6.92 Å². The molecular weight excluding hydrogens is 316 g/mol. The number of unbranched alkanes of at least 4 members (excludes halogenated alkanes) is 1. The molecule has 0 unspecified atom stereocenters. The van der Waals surface area contributed by atoms with Crippen molar-refractivity contribution in [3.8, 4) is 11.5 Å². The van der Waals surface area contributed by atoms with E-state index in [1.54, 1.807) is 18.3 Å². The Labute approximate surface area is 148 Å². The molecule has 0 fully saturated rings. The van der Waals surface area contributed by atoms with Crippen molar-refractivity contribution in [3.05, 3.63) is 59.7 Å². The number of carbonyl (C=O) groups excluding carboxylic acids is 1. The summed E-state index contributed by atoms with van der Waals surface area (Å²) in [4.78, 5) is 11.7. The van der Waals surface area contributed by atoms with Gasteiger partial charge in [-0.3, -0.25) is 4.79 Å². The van der Waals surface area contributed by atoms with E-state index in [2.05, 4.69) is 17.5 Å². The van der Waals surface area contributed by atoms with E-state index in [0.717, 1.165) is 24.2 Å². The van der Waals surface area contributed by atoms with E-state index in [0.29, 0.717) is 12.4 Å². The van der Waals surface area contributed by atoms with Crippen molar-refractivity contribution in [2.24, 2.45) is 5.10 Å². The lowest BCUT2D eigenvalue weighted by Gasteiger charge is -2.07. The molecule has 1 amide bonds. The van der Waals surface area contributed by atoms with Crippen LogP contribution in [0.1, 0.15) is 30.9 Å². The number of carbonyl (C=O) groups is 1. The number of benzene rings is 2. The number of aryl methyl sites for hydroxylation is 1. The van der Waals surface area contributed by atoms with Gasteiger partial charge in [-0.05, 0) is 43.2 Å². The molecule has 2 aromatic rings. The summed E-state index contributed by atoms with van der Waals surface area (Å²) >= 11 is 0. The molecule has 0 aliphatic carbocycles. The predicted molar refractivity (Wildman–Crippen MR) is 99.3 cm³/mol. The van der Waals surface area contributed by atoms with E-state index >= 15 is 0 Å². The highest BCUT2D eigenvalue weighted by atomic mass is 16.5. The highest BCUT2D eigenvalue weighted by Crippen LogP contribution is 2.17. The monoisotopic (exact) mass is 340 g/mol. The zero-order chi connectivity index (χ0) is 17.9. The molecular formula is C20H24N2O3. The first-order valence-electron chi connectivity index (χ1n) is 8.41. The van der Waals surface area contributed by atoms with Gasteiger partial charge < -0.3 is 9.47 Å². The summed E-state index contributed by atoms with van der Waals surface area (Å²) in [6.45, 7) is 4.75. The van der Waals surface area contributed by atoms with Crippen LogP contribution < -0.4 is 14.9 Å². The van der Waals surface area contributed by atoms with Crippen LogP contribution in [0.15, 0.2) is 53.6 Å². The van der Waals surface area contributed by atoms with Gasteiger partial charge in [0.05, 0.1) is 12.8 Å². The minimum absolute atomic E-state index is 0.0960. The fourth-order valence-corrected chi connectivity index (χ4v) is 1.98. The zero-order valence-corrected chi connectivity index (χ0v) is 14.7. The van der Waals surface area contributed by atoms with Gasteiger partial charge in [0, 0.05) is 0 Å². The summed E-state index contributed by atoms with van der Waals surface area (Å²) in [6, 6.07) is 15.1. The Kier molecular flexibility index (Phi) is 7.50. The van der Waals surface area contributed by atoms with Crippen LogP contribution >= 0.6 is 0 Å². The second kappa shape index (κ2) is 10.1. The van der Waals surface area contributed by atoms with Gasteiger partial charge in [-0.15, -0.1) is 0 Å². The number of nitrogens with one attached hydrogen (secondary N) is 1. The van der Waals surface area contributed by atoms with E-state index in [-0.39, 0.29) is 12.5 Å². The third kappa shape index (κ3) is 7.08. The summed E-state index contributed by atoms with van der Waals surface area (Å²) < 4.78 is 11.0. The normalized spacial score (nSPS) is 10.6. The molecule has 0 aromatic heterocycles. The number of hydrazone groups is 1. The maximum absolute atomic E-state index is 11.7. The van der Waals surface area contributed by atoms with Crippen molar-refractivity contribution < 1.29 is 14.3 Å². The van der Waals surface area contributed by atoms with Crippen molar-refractivity contribution in [2.75, 3.05) is 13.2 Å². The van der Waals surface area contributed by atoms with Crippen molar-refractivity contribution in [1.29, 1.82) is 0 Å². The average Bonchev–Trinajstić information content (AvgIpc) is 2.63. The molecule has 1 N–H and O–H groups in total. The van der Waals surface area contributed by atoms with Gasteiger partial charge in [0.15, 0.2) is 6.61 Å². The Balaban J connectivity index is 1.71. The second-order valence-corrected chi connectivity index (χ2v) is 5.67. The number of rotatable bonds is 9. The van der Waals surface area contributed by atoms with Gasteiger partial charge in [0.25, 0.3) is 5.91 Å². The first-order chi connectivity index (χ1) is 12.2. The van der Waals surface area contributed by atoms with Gasteiger partial charge in [0.1, 0.15) is 11.5 Å². The van der Waals surface area contributed by atoms with Gasteiger partial charge in [0.2, 0.25) is 0 Å². The minimum atomic E-state index is -0.313. The number of ether oxygens (including phenoxy) is 2. The first-order valence-corrected chi connectivity index (χ1v) is 8.41. The summed E-state index contributed by atoms with van der Waals surface area (Å²) in [6.07, 6.45) is 3.73. The lowest BCUT2D eigenvalue weighted by molar-refractivity contribution is -0.123. The Hall–Kier alpha value is -2.82. The van der Waals surface area contributed by atoms with E-state index in [4.69, 9.17) is 9.47 Å². The fourth-order valence-electron chi connectivity index (χ4n) is 1.98. The van der Waals surface area contributed by atoms with Crippen LogP contribution in [0.3, 0.4) is 0 Å². The van der Waals surface area contributed by atoms with E-state index in [9.17, 15) is 4.79 Å². The Morgan fingerprint density at radius 1 is 1.04 bits per heavy atom. The predicted octanol–water partition coefficient (Wildman–Crippen LogP) is 3.70. The lowest BCUT2D eigenvalue weighted by atomic mass is 10.2. The fraction of sp³-hybridized carbons (Fsp3) is 0.300. The van der Waals surface area contributed by atoms with Gasteiger partial charge in [-0.25, -0.2) is 5.43 Å². The van der Waals surface area contributed by atoms with Gasteiger partial charge >= 0.3 is 0 Å². The molecule has 0 aliphatic heterocycles. The van der Waals surface area contributed by atoms with Gasteiger partial charge in [-0.2, -0.15) is 5.10 Å². The van der Waals surface area contributed by atoms with Crippen LogP contribution in [-0.4, -0.2) is 25.3 Å². The molecule has 0 aliphatic rings. The summed E-state index contributed by atoms with van der Waals surface area (Å²) in [5, 5.41) is 3.91. The van der Waals surface area contributed by atoms with Crippen LogP contribution in [0.4, 0.5) is 0 Å². The van der Waals surface area contributed by atoms with Crippen LogP contribution in [0.2, 0.25) is 0 Å². The lowest BCUT2D eigenvalue weighted by Crippen LogP contribution is -2.24. The molecule has 0 saturated heterocycles. The second-order valence-electron chi connectivity index (χ2n) is 5.67. The van der Waals surface area contributed by atoms with Crippen molar-refractivity contribution in [1.82, 2.24) is 5.43 Å². The Bertz CT molecular complexity index is 679. The maximum atomic E-state index is 11.7. The highest BCUT2D eigenvalue weighted by molar-refractivity contribution is 5.82. The van der Waals surface area contributed by atoms with Crippen LogP contribution in [0.25, 0.3) is 0 Å². The topological polar surface area (TPSA) is 59.9 Å². The molecule has 0 spiro atoms. The van der Waals surface area contributed by atoms with Crippen molar-refractivity contribution in [2.45, 2.75) is 26.7 Å². The minimum Gasteiger partial charge on any atom is -0.494 e. The summed E-state index contributed by atoms with van der Waals surface area (Å²) in [5.74, 6) is 1.10. The highest BCUT2D eigenvalue weighted by Gasteiger charge is 2.02. The first kappa shape index (κ1) is 18.5. The molecule has 0 heterocycles. The molecule has 25 heavy (non-hydrogen) atoms. The Morgan fingerprint density at radius 2 is 1.68 bits per heavy atom. The van der Waals surface area contributed by atoms with E-state index in [1.165, 1.54) is 5.56 Å². The smallest absolute Gasteiger partial charge is 0.277 e. The molecule has 2 rings (SSSR count). The molecule has 5 nitrogen and oxygen atoms in total. The van der Waals surface area contributed by atoms with Crippen molar-refractivity contribution in [3.63, 3.8) is 0 Å². The van der Waals surface area contributed by atoms with Crippen LogP contribution in [0.5, 0.6) is 11.5 Å². The molecule has 0 bridgehead atoms. The van der Waals surface area contributed by atoms with Gasteiger partial charge in [-0.1, -0.05) is 43.2 Å². The SMILES string of the molecule is CCCCOc1ccc(OCC(=O)N/N=C\c2ccc(C)cc2)cc1. The number of hydrogen-bond donors (Lipinski definition) is 1. The third-order valence-electron chi connectivity index (χ3n) is 3.44. The third-order valence-corrected chi connectivity index (χ3v) is 3.44. The largest absolute Gasteiger partial charge is 0.494 e. The molecule has 5 heteroatoms. The van der Waals surface area contributed by atoms with Crippen LogP contribution in [-0.2, 0) is 4.79 Å². The quantitative estimate of drug-likeness (QED) is 0.430. The molecule has 132 valence electrons. The maximum Gasteiger partial charge on any atom is 0.277 e. The van der Waals surface area contributed by atoms with E-state index < -0.39 is 0 Å². The van der Waals surface area contributed by atoms with E-state index in [1.807, 2.05) is 43.3 Å². The standard InChI is InChI=1S/C20H24N2O3/c1-3-4-13-24-18-9-11-19(12-10-18)25-15-20(23)22-21-14-17-7-5-16(2)6-8-17/h5-12,14H,3-4,13,15H2,1-2H3,(H,22,23)/b21-14-. The molecule has 0 saturated carbocycles. The Morgan fingerprint density at radius 3 is 2.32 bits per heavy atom. The summed E-state index contributed by atoms with van der Waals surface area (Å²) in [5.41, 5.74) is 4.54. The van der Waals surface area contributed by atoms with Crippen molar-refractivity contribution >= 4 is 12.1 Å².